The number of hydrogen-bond acceptors (Lipinski definition) is 5. The number of aliphatic hydroxyl groups is 1. The van der Waals surface area contributed by atoms with Crippen LogP contribution in [-0.4, -0.2) is 45.3 Å². The van der Waals surface area contributed by atoms with E-state index in [1.165, 1.54) is 23.9 Å². The summed E-state index contributed by atoms with van der Waals surface area (Å²) in [5, 5.41) is 11.5. The Morgan fingerprint density at radius 1 is 1.06 bits per heavy atom. The molecule has 180 valence electrons. The van der Waals surface area contributed by atoms with Crippen molar-refractivity contribution in [1.82, 2.24) is 9.88 Å². The SMILES string of the molecule is CCc1cccc(CN(CC(O)C(N)Cc2cc(F)cc(F)c2)C(=O)CSc2ccccn2)c1. The molecule has 0 fully saturated rings. The van der Waals surface area contributed by atoms with Crippen LogP contribution in [0.15, 0.2) is 71.9 Å². The van der Waals surface area contributed by atoms with Gasteiger partial charge in [0.25, 0.3) is 0 Å². The third-order valence-electron chi connectivity index (χ3n) is 5.40. The molecule has 0 saturated heterocycles. The highest BCUT2D eigenvalue weighted by Gasteiger charge is 2.23. The molecule has 2 unspecified atom stereocenters. The average Bonchev–Trinajstić information content (AvgIpc) is 2.82. The quantitative estimate of drug-likeness (QED) is 0.402. The van der Waals surface area contributed by atoms with Crippen LogP contribution >= 0.6 is 11.8 Å². The van der Waals surface area contributed by atoms with Crippen molar-refractivity contribution < 1.29 is 18.7 Å². The zero-order valence-corrected chi connectivity index (χ0v) is 19.8. The lowest BCUT2D eigenvalue weighted by atomic mass is 10.0. The Kier molecular flexibility index (Phi) is 9.56. The van der Waals surface area contributed by atoms with E-state index >= 15 is 0 Å². The normalized spacial score (nSPS) is 12.9. The molecule has 3 aromatic rings. The highest BCUT2D eigenvalue weighted by Crippen LogP contribution is 2.18. The fraction of sp³-hybridized carbons (Fsp3) is 0.308. The Labute approximate surface area is 203 Å². The van der Waals surface area contributed by atoms with Gasteiger partial charge in [0.2, 0.25) is 5.91 Å². The van der Waals surface area contributed by atoms with Gasteiger partial charge in [-0.2, -0.15) is 0 Å². The summed E-state index contributed by atoms with van der Waals surface area (Å²) in [5.41, 5.74) is 8.60. The summed E-state index contributed by atoms with van der Waals surface area (Å²) in [4.78, 5) is 18.9. The van der Waals surface area contributed by atoms with E-state index in [1.807, 2.05) is 36.4 Å². The smallest absolute Gasteiger partial charge is 0.233 e. The van der Waals surface area contributed by atoms with E-state index in [4.69, 9.17) is 5.73 Å². The van der Waals surface area contributed by atoms with Gasteiger partial charge in [-0.1, -0.05) is 49.0 Å². The van der Waals surface area contributed by atoms with Crippen molar-refractivity contribution in [3.63, 3.8) is 0 Å². The molecule has 0 aliphatic carbocycles. The van der Waals surface area contributed by atoms with Crippen molar-refractivity contribution in [2.24, 2.45) is 5.73 Å². The second-order valence-corrected chi connectivity index (χ2v) is 9.11. The number of carbonyl (C=O) groups excluding carboxylic acids is 1. The molecule has 2 aromatic carbocycles. The minimum Gasteiger partial charge on any atom is -0.390 e. The standard InChI is InChI=1S/C26H29F2N3O2S/c1-2-18-6-5-7-19(10-18)15-31(26(33)17-34-25-8-3-4-9-30-25)16-24(32)23(29)13-20-11-21(27)14-22(28)12-20/h3-12,14,23-24,32H,2,13,15-17,29H2,1H3. The summed E-state index contributed by atoms with van der Waals surface area (Å²) >= 11 is 1.32. The summed E-state index contributed by atoms with van der Waals surface area (Å²) in [6.07, 6.45) is 1.53. The number of hydrogen-bond donors (Lipinski definition) is 2. The largest absolute Gasteiger partial charge is 0.390 e. The molecule has 1 amide bonds. The molecule has 0 aliphatic rings. The number of thioether (sulfide) groups is 1. The fourth-order valence-corrected chi connectivity index (χ4v) is 4.34. The second-order valence-electron chi connectivity index (χ2n) is 8.12. The van der Waals surface area contributed by atoms with Crippen molar-refractivity contribution in [2.75, 3.05) is 12.3 Å². The molecule has 0 radical (unpaired) electrons. The monoisotopic (exact) mass is 485 g/mol. The third kappa shape index (κ3) is 7.90. The number of benzene rings is 2. The molecule has 8 heteroatoms. The van der Waals surface area contributed by atoms with E-state index in [1.54, 1.807) is 17.2 Å². The van der Waals surface area contributed by atoms with Crippen LogP contribution in [-0.2, 0) is 24.2 Å². The van der Waals surface area contributed by atoms with Crippen molar-refractivity contribution in [3.8, 4) is 0 Å². The van der Waals surface area contributed by atoms with Crippen LogP contribution in [0.1, 0.15) is 23.6 Å². The number of halogens is 2. The maximum absolute atomic E-state index is 13.5. The second kappa shape index (κ2) is 12.6. The molecule has 0 saturated carbocycles. The number of aryl methyl sites for hydroxylation is 1. The van der Waals surface area contributed by atoms with Crippen molar-refractivity contribution in [2.45, 2.75) is 43.5 Å². The van der Waals surface area contributed by atoms with Gasteiger partial charge in [-0.3, -0.25) is 4.79 Å². The third-order valence-corrected chi connectivity index (χ3v) is 6.33. The zero-order valence-electron chi connectivity index (χ0n) is 19.0. The number of aromatic nitrogens is 1. The molecule has 34 heavy (non-hydrogen) atoms. The first-order valence-electron chi connectivity index (χ1n) is 11.1. The van der Waals surface area contributed by atoms with Gasteiger partial charge in [0, 0.05) is 31.4 Å². The predicted molar refractivity (Wildman–Crippen MR) is 130 cm³/mol. The lowest BCUT2D eigenvalue weighted by Gasteiger charge is -2.28. The Bertz CT molecular complexity index is 1060. The topological polar surface area (TPSA) is 79.5 Å². The number of aliphatic hydroxyl groups excluding tert-OH is 1. The molecule has 3 rings (SSSR count). The Morgan fingerprint density at radius 3 is 2.47 bits per heavy atom. The highest BCUT2D eigenvalue weighted by molar-refractivity contribution is 7.99. The van der Waals surface area contributed by atoms with E-state index < -0.39 is 23.8 Å². The number of nitrogens with two attached hydrogens (primary N) is 1. The van der Waals surface area contributed by atoms with E-state index in [-0.39, 0.29) is 24.6 Å². The van der Waals surface area contributed by atoms with Crippen molar-refractivity contribution in [1.29, 1.82) is 0 Å². The number of carbonyl (C=O) groups is 1. The Balaban J connectivity index is 1.70. The Morgan fingerprint density at radius 2 is 1.79 bits per heavy atom. The van der Waals surface area contributed by atoms with Gasteiger partial charge in [-0.25, -0.2) is 13.8 Å². The first kappa shape index (κ1) is 25.8. The number of rotatable bonds is 11. The molecule has 1 heterocycles. The maximum atomic E-state index is 13.5. The minimum absolute atomic E-state index is 0.00305. The lowest BCUT2D eigenvalue weighted by Crippen LogP contribution is -2.46. The summed E-state index contributed by atoms with van der Waals surface area (Å²) in [6.45, 7) is 2.37. The van der Waals surface area contributed by atoms with Crippen LogP contribution in [0, 0.1) is 11.6 Å². The van der Waals surface area contributed by atoms with Crippen LogP contribution in [0.2, 0.25) is 0 Å². The van der Waals surface area contributed by atoms with Crippen LogP contribution in [0.5, 0.6) is 0 Å². The molecule has 0 spiro atoms. The summed E-state index contributed by atoms with van der Waals surface area (Å²) < 4.78 is 27.0. The van der Waals surface area contributed by atoms with Crippen LogP contribution in [0.4, 0.5) is 8.78 Å². The van der Waals surface area contributed by atoms with E-state index in [0.29, 0.717) is 12.1 Å². The van der Waals surface area contributed by atoms with E-state index in [9.17, 15) is 18.7 Å². The first-order valence-corrected chi connectivity index (χ1v) is 12.1. The molecule has 0 bridgehead atoms. The van der Waals surface area contributed by atoms with Gasteiger partial charge in [-0.15, -0.1) is 0 Å². The maximum Gasteiger partial charge on any atom is 0.233 e. The fourth-order valence-electron chi connectivity index (χ4n) is 3.58. The first-order chi connectivity index (χ1) is 16.3. The van der Waals surface area contributed by atoms with Gasteiger partial charge in [-0.05, 0) is 53.8 Å². The molecule has 3 N–H and O–H groups in total. The van der Waals surface area contributed by atoms with Crippen LogP contribution in [0.3, 0.4) is 0 Å². The lowest BCUT2D eigenvalue weighted by molar-refractivity contribution is -0.130. The zero-order chi connectivity index (χ0) is 24.5. The molecule has 2 atom stereocenters. The van der Waals surface area contributed by atoms with Gasteiger partial charge in [0.15, 0.2) is 0 Å². The van der Waals surface area contributed by atoms with Crippen molar-refractivity contribution >= 4 is 17.7 Å². The Hall–Kier alpha value is -2.81. The molecule has 1 aromatic heterocycles. The van der Waals surface area contributed by atoms with Gasteiger partial charge in [0.05, 0.1) is 16.9 Å². The number of nitrogens with zero attached hydrogens (tertiary/aromatic N) is 2. The van der Waals surface area contributed by atoms with Crippen LogP contribution < -0.4 is 5.73 Å². The minimum atomic E-state index is -1.08. The number of amides is 1. The molecular formula is C26H29F2N3O2S. The van der Waals surface area contributed by atoms with E-state index in [0.717, 1.165) is 28.6 Å². The van der Waals surface area contributed by atoms with E-state index in [2.05, 4.69) is 11.9 Å². The molecule has 5 nitrogen and oxygen atoms in total. The van der Waals surface area contributed by atoms with Crippen molar-refractivity contribution in [3.05, 3.63) is 95.2 Å². The summed E-state index contributed by atoms with van der Waals surface area (Å²) in [6, 6.07) is 15.8. The summed E-state index contributed by atoms with van der Waals surface area (Å²) in [5.74, 6) is -1.41. The molecular weight excluding hydrogens is 456 g/mol. The predicted octanol–water partition coefficient (Wildman–Crippen LogP) is 3.97. The average molecular weight is 486 g/mol. The van der Waals surface area contributed by atoms with Gasteiger partial charge < -0.3 is 15.7 Å². The number of pyridine rings is 1. The van der Waals surface area contributed by atoms with Gasteiger partial charge >= 0.3 is 0 Å². The van der Waals surface area contributed by atoms with Gasteiger partial charge in [0.1, 0.15) is 11.6 Å². The highest BCUT2D eigenvalue weighted by atomic mass is 32.2. The summed E-state index contributed by atoms with van der Waals surface area (Å²) in [7, 11) is 0. The van der Waals surface area contributed by atoms with Crippen LogP contribution in [0.25, 0.3) is 0 Å². The molecule has 0 aliphatic heterocycles.